The predicted octanol–water partition coefficient (Wildman–Crippen LogP) is 2.57. The van der Waals surface area contributed by atoms with E-state index >= 15 is 0 Å². The van der Waals surface area contributed by atoms with Gasteiger partial charge in [-0.3, -0.25) is 4.79 Å². The second kappa shape index (κ2) is 4.93. The van der Waals surface area contributed by atoms with E-state index in [1.54, 1.807) is 0 Å². The van der Waals surface area contributed by atoms with E-state index in [0.717, 1.165) is 6.07 Å². The zero-order valence-corrected chi connectivity index (χ0v) is 8.17. The Kier molecular flexibility index (Phi) is 3.85. The van der Waals surface area contributed by atoms with Crippen LogP contribution in [0.5, 0.6) is 5.75 Å². The number of carboxylic acid groups (broad SMARTS) is 1. The van der Waals surface area contributed by atoms with Crippen LogP contribution in [0.15, 0.2) is 18.2 Å². The first-order valence-electron chi connectivity index (χ1n) is 3.94. The number of rotatable bonds is 4. The quantitative estimate of drug-likeness (QED) is 0.874. The van der Waals surface area contributed by atoms with Crippen molar-refractivity contribution in [2.24, 2.45) is 0 Å². The summed E-state index contributed by atoms with van der Waals surface area (Å²) in [7, 11) is 0. The van der Waals surface area contributed by atoms with Crippen LogP contribution in [-0.4, -0.2) is 17.7 Å². The normalized spacial score (nSPS) is 10.4. The van der Waals surface area contributed by atoms with E-state index < -0.39 is 12.6 Å². The van der Waals surface area contributed by atoms with Gasteiger partial charge in [0.05, 0.1) is 6.42 Å². The van der Waals surface area contributed by atoms with Crippen molar-refractivity contribution in [2.75, 3.05) is 0 Å². The molecular formula is C9H7ClF2O3. The molecule has 0 unspecified atom stereocenters. The largest absolute Gasteiger partial charge is 0.481 e. The summed E-state index contributed by atoms with van der Waals surface area (Å²) < 4.78 is 27.7. The van der Waals surface area contributed by atoms with Crippen LogP contribution in [0.1, 0.15) is 5.56 Å². The third-order valence-corrected chi connectivity index (χ3v) is 1.94. The summed E-state index contributed by atoms with van der Waals surface area (Å²) in [6.07, 6.45) is -0.256. The van der Waals surface area contributed by atoms with Crippen molar-refractivity contribution in [1.29, 1.82) is 0 Å². The molecular weight excluding hydrogens is 230 g/mol. The fourth-order valence-electron chi connectivity index (χ4n) is 1.01. The van der Waals surface area contributed by atoms with E-state index in [0.29, 0.717) is 5.56 Å². The minimum Gasteiger partial charge on any atom is -0.481 e. The van der Waals surface area contributed by atoms with Crippen LogP contribution in [0.2, 0.25) is 5.02 Å². The molecule has 1 N–H and O–H groups in total. The fourth-order valence-corrected chi connectivity index (χ4v) is 1.25. The lowest BCUT2D eigenvalue weighted by atomic mass is 10.1. The summed E-state index contributed by atoms with van der Waals surface area (Å²) in [4.78, 5) is 10.4. The van der Waals surface area contributed by atoms with Crippen molar-refractivity contribution in [1.82, 2.24) is 0 Å². The minimum absolute atomic E-state index is 0.0931. The Balaban J connectivity index is 2.83. The first-order chi connectivity index (χ1) is 6.99. The third kappa shape index (κ3) is 3.71. The van der Waals surface area contributed by atoms with Crippen LogP contribution in [0.4, 0.5) is 8.78 Å². The van der Waals surface area contributed by atoms with E-state index in [4.69, 9.17) is 16.7 Å². The van der Waals surface area contributed by atoms with Crippen molar-refractivity contribution < 1.29 is 23.4 Å². The van der Waals surface area contributed by atoms with Gasteiger partial charge in [-0.15, -0.1) is 0 Å². The van der Waals surface area contributed by atoms with Crippen LogP contribution in [0.3, 0.4) is 0 Å². The lowest BCUT2D eigenvalue weighted by Gasteiger charge is -2.06. The summed E-state index contributed by atoms with van der Waals surface area (Å²) >= 11 is 5.67. The molecule has 0 aliphatic rings. The van der Waals surface area contributed by atoms with E-state index in [9.17, 15) is 13.6 Å². The van der Waals surface area contributed by atoms with Crippen molar-refractivity contribution in [3.8, 4) is 5.75 Å². The summed E-state index contributed by atoms with van der Waals surface area (Å²) in [5.41, 5.74) is 0.353. The molecule has 0 heterocycles. The SMILES string of the molecule is O=C(O)Cc1ccc(OC(F)F)cc1Cl. The van der Waals surface area contributed by atoms with E-state index in [-0.39, 0.29) is 17.2 Å². The number of aliphatic carboxylic acids is 1. The molecule has 1 aromatic carbocycles. The molecule has 0 bridgehead atoms. The monoisotopic (exact) mass is 236 g/mol. The summed E-state index contributed by atoms with van der Waals surface area (Å²) in [6.45, 7) is -2.92. The molecule has 1 aromatic rings. The third-order valence-electron chi connectivity index (χ3n) is 1.59. The fraction of sp³-hybridized carbons (Fsp3) is 0.222. The first kappa shape index (κ1) is 11.7. The highest BCUT2D eigenvalue weighted by Gasteiger charge is 2.09. The van der Waals surface area contributed by atoms with Crippen LogP contribution >= 0.6 is 11.6 Å². The minimum atomic E-state index is -2.92. The van der Waals surface area contributed by atoms with Crippen LogP contribution in [0.25, 0.3) is 0 Å². The summed E-state index contributed by atoms with van der Waals surface area (Å²) in [6, 6.07) is 3.75. The Morgan fingerprint density at radius 2 is 2.20 bits per heavy atom. The van der Waals surface area contributed by atoms with Crippen LogP contribution < -0.4 is 4.74 Å². The van der Waals surface area contributed by atoms with Gasteiger partial charge in [0, 0.05) is 5.02 Å². The molecule has 0 atom stereocenters. The number of hydrogen-bond acceptors (Lipinski definition) is 2. The molecule has 0 saturated heterocycles. The number of alkyl halides is 2. The summed E-state index contributed by atoms with van der Waals surface area (Å²) in [5, 5.41) is 8.59. The molecule has 82 valence electrons. The van der Waals surface area contributed by atoms with Gasteiger partial charge in [-0.2, -0.15) is 8.78 Å². The molecule has 0 saturated carbocycles. The molecule has 15 heavy (non-hydrogen) atoms. The lowest BCUT2D eigenvalue weighted by Crippen LogP contribution is -2.03. The van der Waals surface area contributed by atoms with E-state index in [2.05, 4.69) is 4.74 Å². The zero-order valence-electron chi connectivity index (χ0n) is 7.41. The standard InChI is InChI=1S/C9H7ClF2O3/c10-7-4-6(15-9(11)12)2-1-5(7)3-8(13)14/h1-2,4,9H,3H2,(H,13,14). The Morgan fingerprint density at radius 3 is 2.67 bits per heavy atom. The van der Waals surface area contributed by atoms with Gasteiger partial charge in [0.15, 0.2) is 0 Å². The van der Waals surface area contributed by atoms with Crippen molar-refractivity contribution in [3.05, 3.63) is 28.8 Å². The number of carboxylic acids is 1. The molecule has 6 heteroatoms. The molecule has 0 fully saturated rings. The van der Waals surface area contributed by atoms with Gasteiger partial charge in [0.1, 0.15) is 5.75 Å². The molecule has 0 amide bonds. The Labute approximate surface area is 89.2 Å². The second-order valence-electron chi connectivity index (χ2n) is 2.70. The van der Waals surface area contributed by atoms with E-state index in [1.807, 2.05) is 0 Å². The number of ether oxygens (including phenoxy) is 1. The lowest BCUT2D eigenvalue weighted by molar-refractivity contribution is -0.136. The predicted molar refractivity (Wildman–Crippen MR) is 49.4 cm³/mol. The van der Waals surface area contributed by atoms with Gasteiger partial charge >= 0.3 is 12.6 Å². The first-order valence-corrected chi connectivity index (χ1v) is 4.32. The summed E-state index contributed by atoms with van der Waals surface area (Å²) in [5.74, 6) is -1.14. The maximum atomic E-state index is 11.8. The van der Waals surface area contributed by atoms with Crippen LogP contribution in [0, 0.1) is 0 Å². The maximum absolute atomic E-state index is 11.8. The van der Waals surface area contributed by atoms with Gasteiger partial charge < -0.3 is 9.84 Å². The highest BCUT2D eigenvalue weighted by atomic mass is 35.5. The Hall–Kier alpha value is -1.36. The van der Waals surface area contributed by atoms with Crippen molar-refractivity contribution in [2.45, 2.75) is 13.0 Å². The molecule has 1 rings (SSSR count). The second-order valence-corrected chi connectivity index (χ2v) is 3.11. The smallest absolute Gasteiger partial charge is 0.387 e. The van der Waals surface area contributed by atoms with Gasteiger partial charge in [0.25, 0.3) is 0 Å². The van der Waals surface area contributed by atoms with Crippen LogP contribution in [-0.2, 0) is 11.2 Å². The molecule has 3 nitrogen and oxygen atoms in total. The van der Waals surface area contributed by atoms with Crippen molar-refractivity contribution in [3.63, 3.8) is 0 Å². The Bertz CT molecular complexity index is 368. The molecule has 0 aliphatic heterocycles. The Morgan fingerprint density at radius 1 is 1.53 bits per heavy atom. The van der Waals surface area contributed by atoms with Crippen molar-refractivity contribution >= 4 is 17.6 Å². The average molecular weight is 237 g/mol. The van der Waals surface area contributed by atoms with Gasteiger partial charge in [-0.25, -0.2) is 0 Å². The van der Waals surface area contributed by atoms with Gasteiger partial charge in [-0.05, 0) is 17.7 Å². The number of hydrogen-bond donors (Lipinski definition) is 1. The molecule has 0 aromatic heterocycles. The highest BCUT2D eigenvalue weighted by molar-refractivity contribution is 6.31. The van der Waals surface area contributed by atoms with Gasteiger partial charge in [0.2, 0.25) is 0 Å². The number of carbonyl (C=O) groups is 1. The number of halogens is 3. The maximum Gasteiger partial charge on any atom is 0.387 e. The topological polar surface area (TPSA) is 46.5 Å². The zero-order chi connectivity index (χ0) is 11.4. The molecule has 0 aliphatic carbocycles. The van der Waals surface area contributed by atoms with Gasteiger partial charge in [-0.1, -0.05) is 17.7 Å². The number of benzene rings is 1. The highest BCUT2D eigenvalue weighted by Crippen LogP contribution is 2.24. The average Bonchev–Trinajstić information content (AvgIpc) is 2.08. The molecule has 0 radical (unpaired) electrons. The van der Waals surface area contributed by atoms with E-state index in [1.165, 1.54) is 12.1 Å². The molecule has 0 spiro atoms.